The van der Waals surface area contributed by atoms with Crippen LogP contribution >= 0.6 is 0 Å². The Morgan fingerprint density at radius 1 is 0.548 bits per heavy atom. The zero-order valence-electron chi connectivity index (χ0n) is 22.0. The summed E-state index contributed by atoms with van der Waals surface area (Å²) in [6, 6.07) is 30.1. The van der Waals surface area contributed by atoms with Crippen molar-refractivity contribution in [3.63, 3.8) is 0 Å². The van der Waals surface area contributed by atoms with Gasteiger partial charge in [0, 0.05) is 23.5 Å². The molecule has 3 aromatic carbocycles. The summed E-state index contributed by atoms with van der Waals surface area (Å²) in [5.74, 6) is 2.29. The average molecular weight is 545 g/mol. The van der Waals surface area contributed by atoms with Crippen LogP contribution in [0.5, 0.6) is 0 Å². The monoisotopic (exact) mass is 544 g/mol. The van der Waals surface area contributed by atoms with Gasteiger partial charge in [-0.2, -0.15) is 0 Å². The molecule has 8 nitrogen and oxygen atoms in total. The Balaban J connectivity index is 1.34. The van der Waals surface area contributed by atoms with E-state index in [0.29, 0.717) is 40.2 Å². The second-order valence-corrected chi connectivity index (χ2v) is 9.91. The second-order valence-electron chi connectivity index (χ2n) is 9.91. The van der Waals surface area contributed by atoms with E-state index in [2.05, 4.69) is 9.97 Å². The van der Waals surface area contributed by atoms with Gasteiger partial charge >= 0.3 is 0 Å². The number of fused-ring (bicyclic) bond motifs is 4. The van der Waals surface area contributed by atoms with Crippen LogP contribution in [-0.2, 0) is 0 Å². The highest BCUT2D eigenvalue weighted by Crippen LogP contribution is 2.47. The molecular weight excluding hydrogens is 524 g/mol. The highest BCUT2D eigenvalue weighted by atomic mass is 16.2. The van der Waals surface area contributed by atoms with Gasteiger partial charge in [0.25, 0.3) is 0 Å². The first kappa shape index (κ1) is 23.8. The molecule has 42 heavy (non-hydrogen) atoms. The number of aromatic nitrogens is 4. The molecule has 0 unspecified atom stereocenters. The summed E-state index contributed by atoms with van der Waals surface area (Å²) in [5.41, 5.74) is 2.37. The number of pyridine rings is 2. The van der Waals surface area contributed by atoms with Crippen molar-refractivity contribution < 1.29 is 9.59 Å². The lowest BCUT2D eigenvalue weighted by atomic mass is 10.0. The van der Waals surface area contributed by atoms with Crippen LogP contribution in [-0.4, -0.2) is 31.5 Å². The third-order valence-corrected chi connectivity index (χ3v) is 7.44. The first-order chi connectivity index (χ1) is 20.7. The summed E-state index contributed by atoms with van der Waals surface area (Å²) in [6.45, 7) is 0. The number of rotatable bonds is 3. The molecule has 3 aromatic heterocycles. The average Bonchev–Trinajstić information content (AvgIpc) is 3.47. The number of anilines is 4. The number of carbonyl (C=O) groups is 2. The number of Topliss-reactive ketones (excluding diaryl/α,β-unsaturated/α-hetero) is 2. The van der Waals surface area contributed by atoms with Crippen LogP contribution < -0.4 is 9.80 Å². The highest BCUT2D eigenvalue weighted by molar-refractivity contribution is 6.40. The quantitative estimate of drug-likeness (QED) is 0.179. The lowest BCUT2D eigenvalue weighted by Crippen LogP contribution is -2.23. The molecule has 0 saturated heterocycles. The highest BCUT2D eigenvalue weighted by Gasteiger charge is 2.39. The van der Waals surface area contributed by atoms with E-state index in [4.69, 9.17) is 9.97 Å². The van der Waals surface area contributed by atoms with Crippen LogP contribution in [0.4, 0.5) is 23.3 Å². The molecule has 0 bridgehead atoms. The fourth-order valence-electron chi connectivity index (χ4n) is 5.49. The summed E-state index contributed by atoms with van der Waals surface area (Å²) in [5, 5.41) is 1.82. The summed E-state index contributed by atoms with van der Waals surface area (Å²) in [6.07, 6.45) is 6.74. The van der Waals surface area contributed by atoms with E-state index in [1.165, 1.54) is 0 Å². The minimum atomic E-state index is -0.302. The van der Waals surface area contributed by atoms with Crippen LogP contribution in [0.2, 0.25) is 0 Å². The normalized spacial score (nSPS) is 14.1. The number of hydrogen-bond acceptors (Lipinski definition) is 8. The maximum atomic E-state index is 13.5. The van der Waals surface area contributed by atoms with E-state index < -0.39 is 0 Å². The summed E-state index contributed by atoms with van der Waals surface area (Å²) in [4.78, 5) is 50.0. The topological polar surface area (TPSA) is 92.2 Å². The van der Waals surface area contributed by atoms with Crippen LogP contribution in [0.15, 0.2) is 133 Å². The van der Waals surface area contributed by atoms with Gasteiger partial charge in [0.15, 0.2) is 23.2 Å². The van der Waals surface area contributed by atoms with Crippen molar-refractivity contribution in [2.45, 2.75) is 0 Å². The molecule has 6 aromatic rings. The Morgan fingerprint density at radius 2 is 1.02 bits per heavy atom. The van der Waals surface area contributed by atoms with Gasteiger partial charge in [0.1, 0.15) is 17.5 Å². The lowest BCUT2D eigenvalue weighted by molar-refractivity contribution is 0.0989. The fraction of sp³-hybridized carbons (Fsp3) is 0. The molecule has 0 atom stereocenters. The van der Waals surface area contributed by atoms with E-state index in [1.54, 1.807) is 36.7 Å². The van der Waals surface area contributed by atoms with Crippen molar-refractivity contribution in [1.82, 2.24) is 19.9 Å². The largest absolute Gasteiger partial charge is 0.288 e. The summed E-state index contributed by atoms with van der Waals surface area (Å²) >= 11 is 0. The van der Waals surface area contributed by atoms with E-state index in [9.17, 15) is 9.59 Å². The molecule has 1 aliphatic heterocycles. The van der Waals surface area contributed by atoms with Gasteiger partial charge in [-0.05, 0) is 71.5 Å². The van der Waals surface area contributed by atoms with Crippen molar-refractivity contribution in [2.75, 3.05) is 9.80 Å². The Morgan fingerprint density at radius 3 is 1.50 bits per heavy atom. The molecular formula is C34H20N6O2. The van der Waals surface area contributed by atoms with E-state index >= 15 is 0 Å². The summed E-state index contributed by atoms with van der Waals surface area (Å²) in [7, 11) is 0. The van der Waals surface area contributed by atoms with Crippen molar-refractivity contribution in [3.05, 3.63) is 144 Å². The van der Waals surface area contributed by atoms with E-state index in [0.717, 1.165) is 21.8 Å². The van der Waals surface area contributed by atoms with Crippen LogP contribution in [0.1, 0.15) is 20.7 Å². The van der Waals surface area contributed by atoms with Crippen molar-refractivity contribution in [1.29, 1.82) is 0 Å². The summed E-state index contributed by atoms with van der Waals surface area (Å²) < 4.78 is 0. The van der Waals surface area contributed by atoms with Gasteiger partial charge in [-0.15, -0.1) is 0 Å². The van der Waals surface area contributed by atoms with E-state index in [-0.39, 0.29) is 17.1 Å². The number of para-hydroxylation sites is 2. The molecule has 2 aliphatic rings. The minimum Gasteiger partial charge on any atom is -0.288 e. The molecule has 8 rings (SSSR count). The Bertz CT molecular complexity index is 2000. The van der Waals surface area contributed by atoms with Crippen LogP contribution in [0, 0.1) is 0 Å². The first-order valence-electron chi connectivity index (χ1n) is 13.4. The number of allylic oxidation sites excluding steroid dienone is 3. The van der Waals surface area contributed by atoms with Gasteiger partial charge < -0.3 is 0 Å². The molecule has 0 saturated carbocycles. The zero-order valence-corrected chi connectivity index (χ0v) is 22.0. The van der Waals surface area contributed by atoms with Gasteiger partial charge in [-0.25, -0.2) is 19.9 Å². The third-order valence-electron chi connectivity index (χ3n) is 7.44. The zero-order chi connectivity index (χ0) is 28.2. The third kappa shape index (κ3) is 3.62. The predicted molar refractivity (Wildman–Crippen MR) is 161 cm³/mol. The smallest absolute Gasteiger partial charge is 0.197 e. The number of carbonyl (C=O) groups excluding carboxylic acids is 2. The standard InChI is InChI=1S/C34H20N6O2/c41-31-23(32(42)25-20-22-10-2-1-9-21(22)19-24(25)31)15-16-30-39(28-13-5-7-17-35-28)33-34(40(30)29-14-6-8-18-36-29)38-27-12-4-3-11-26(27)37-33/h1-20H. The van der Waals surface area contributed by atoms with Gasteiger partial charge in [0.2, 0.25) is 0 Å². The van der Waals surface area contributed by atoms with E-state index in [1.807, 2.05) is 94.7 Å². The predicted octanol–water partition coefficient (Wildman–Crippen LogP) is 6.71. The molecule has 8 heteroatoms. The Kier molecular flexibility index (Phi) is 5.26. The van der Waals surface area contributed by atoms with Crippen LogP contribution in [0.3, 0.4) is 0 Å². The van der Waals surface area contributed by atoms with Crippen molar-refractivity contribution >= 4 is 56.6 Å². The van der Waals surface area contributed by atoms with Crippen molar-refractivity contribution in [2.24, 2.45) is 0 Å². The van der Waals surface area contributed by atoms with Gasteiger partial charge in [0.05, 0.1) is 16.6 Å². The maximum Gasteiger partial charge on any atom is 0.197 e. The Labute approximate surface area is 239 Å². The lowest BCUT2D eigenvalue weighted by Gasteiger charge is -2.22. The number of benzene rings is 3. The molecule has 0 spiro atoms. The van der Waals surface area contributed by atoms with Crippen LogP contribution in [0.25, 0.3) is 21.8 Å². The Hall–Kier alpha value is -6.02. The minimum absolute atomic E-state index is 0.0942. The maximum absolute atomic E-state index is 13.5. The first-order valence-corrected chi connectivity index (χ1v) is 13.4. The second kappa shape index (κ2) is 9.28. The van der Waals surface area contributed by atoms with Gasteiger partial charge in [-0.3, -0.25) is 19.4 Å². The van der Waals surface area contributed by atoms with Crippen molar-refractivity contribution in [3.8, 4) is 0 Å². The molecule has 0 N–H and O–H groups in total. The van der Waals surface area contributed by atoms with Gasteiger partial charge in [-0.1, -0.05) is 48.5 Å². The molecule has 4 heterocycles. The SMILES string of the molecule is O=C1C(=CC=C2N(c3ccccn3)c3nc4ccccc4nc3N2c2ccccn2)C(=O)c2cc3ccccc3cc21. The molecule has 0 amide bonds. The fourth-order valence-corrected chi connectivity index (χ4v) is 5.49. The number of ketones is 2. The number of hydrogen-bond donors (Lipinski definition) is 0. The molecule has 1 aliphatic carbocycles. The molecule has 198 valence electrons. The molecule has 0 fully saturated rings. The molecule has 0 radical (unpaired) electrons. The number of nitrogens with zero attached hydrogens (tertiary/aromatic N) is 6.